The molecule has 1 N–H and O–H groups in total. The van der Waals surface area contributed by atoms with Crippen LogP contribution < -0.4 is 5.56 Å². The van der Waals surface area contributed by atoms with Crippen LogP contribution in [0, 0.1) is 6.92 Å². The fraction of sp³-hybridized carbons (Fsp3) is 0.294. The van der Waals surface area contributed by atoms with E-state index in [4.69, 9.17) is 0 Å². The van der Waals surface area contributed by atoms with Gasteiger partial charge in [-0.3, -0.25) is 14.4 Å². The molecule has 7 heteroatoms. The third kappa shape index (κ3) is 4.79. The van der Waals surface area contributed by atoms with Gasteiger partial charge >= 0.3 is 5.97 Å². The molecule has 0 amide bonds. The molecule has 2 rings (SSSR count). The number of hydrogen-bond donors (Lipinski definition) is 1. The Kier molecular flexibility index (Phi) is 5.92. The highest BCUT2D eigenvalue weighted by Gasteiger charge is 2.18. The number of aromatic nitrogens is 2. The van der Waals surface area contributed by atoms with E-state index >= 15 is 0 Å². The third-order valence-corrected chi connectivity index (χ3v) is 4.30. The smallest absolute Gasteiger partial charge is 0.311 e. The maximum Gasteiger partial charge on any atom is 0.311 e. The molecule has 1 aromatic heterocycles. The molecule has 1 atom stereocenters. The van der Waals surface area contributed by atoms with Gasteiger partial charge in [0, 0.05) is 11.6 Å². The van der Waals surface area contributed by atoms with E-state index in [0.29, 0.717) is 16.4 Å². The summed E-state index contributed by atoms with van der Waals surface area (Å²) in [4.78, 5) is 42.2. The molecule has 0 saturated heterocycles. The van der Waals surface area contributed by atoms with Crippen molar-refractivity contribution in [3.05, 3.63) is 57.5 Å². The molecule has 0 bridgehead atoms. The van der Waals surface area contributed by atoms with Crippen molar-refractivity contribution in [1.29, 1.82) is 0 Å². The van der Waals surface area contributed by atoms with Gasteiger partial charge in [0.15, 0.2) is 10.9 Å². The number of H-pyrrole nitrogens is 1. The number of aryl methyl sites for hydroxylation is 1. The van der Waals surface area contributed by atoms with Crippen LogP contribution in [0.2, 0.25) is 0 Å². The Balaban J connectivity index is 2.14. The molecule has 1 heterocycles. The lowest BCUT2D eigenvalue weighted by Crippen LogP contribution is -2.17. The van der Waals surface area contributed by atoms with Crippen LogP contribution in [-0.4, -0.2) is 34.1 Å². The number of benzene rings is 1. The van der Waals surface area contributed by atoms with Crippen LogP contribution in [0.25, 0.3) is 0 Å². The van der Waals surface area contributed by atoms with E-state index in [1.165, 1.54) is 13.2 Å². The summed E-state index contributed by atoms with van der Waals surface area (Å²) in [6.07, 6.45) is -0.0890. The second kappa shape index (κ2) is 7.92. The minimum Gasteiger partial charge on any atom is -0.469 e. The van der Waals surface area contributed by atoms with Crippen molar-refractivity contribution in [2.45, 2.75) is 30.7 Å². The number of nitrogens with zero attached hydrogens (tertiary/aromatic N) is 1. The van der Waals surface area contributed by atoms with Gasteiger partial charge in [0.2, 0.25) is 0 Å². The predicted octanol–water partition coefficient (Wildman–Crippen LogP) is 2.16. The standard InChI is InChI=1S/C17H18N2O4S/c1-10-4-6-12(7-5-10)16(22)11(2)24-17-18-13(8-14(20)19-17)9-15(21)23-3/h4-8,11H,9H2,1-3H3,(H,18,19,20)/t11-/m0/s1. The predicted molar refractivity (Wildman–Crippen MR) is 91.4 cm³/mol. The van der Waals surface area contributed by atoms with Crippen molar-refractivity contribution in [2.75, 3.05) is 7.11 Å². The van der Waals surface area contributed by atoms with Crippen molar-refractivity contribution in [3.8, 4) is 0 Å². The van der Waals surface area contributed by atoms with Gasteiger partial charge in [-0.05, 0) is 13.8 Å². The zero-order chi connectivity index (χ0) is 17.7. The van der Waals surface area contributed by atoms with Crippen LogP contribution in [0.3, 0.4) is 0 Å². The first-order valence-electron chi connectivity index (χ1n) is 7.33. The number of nitrogens with one attached hydrogen (secondary N) is 1. The molecule has 0 spiro atoms. The molecule has 0 aliphatic carbocycles. The van der Waals surface area contributed by atoms with Gasteiger partial charge in [-0.2, -0.15) is 0 Å². The number of methoxy groups -OCH3 is 1. The van der Waals surface area contributed by atoms with Gasteiger partial charge in [0.05, 0.1) is 24.5 Å². The van der Waals surface area contributed by atoms with Gasteiger partial charge in [0.25, 0.3) is 5.56 Å². The quantitative estimate of drug-likeness (QED) is 0.373. The number of ether oxygens (including phenoxy) is 1. The lowest BCUT2D eigenvalue weighted by atomic mass is 10.1. The van der Waals surface area contributed by atoms with Crippen LogP contribution in [0.15, 0.2) is 40.3 Å². The second-order valence-electron chi connectivity index (χ2n) is 5.29. The van der Waals surface area contributed by atoms with E-state index in [-0.39, 0.29) is 17.8 Å². The van der Waals surface area contributed by atoms with Crippen molar-refractivity contribution >= 4 is 23.5 Å². The molecule has 6 nitrogen and oxygen atoms in total. The average Bonchev–Trinajstić information content (AvgIpc) is 2.54. The highest BCUT2D eigenvalue weighted by molar-refractivity contribution is 8.00. The number of Topliss-reactive ketones (excluding diaryl/α,β-unsaturated/α-hetero) is 1. The number of carbonyl (C=O) groups excluding carboxylic acids is 2. The highest BCUT2D eigenvalue weighted by Crippen LogP contribution is 2.22. The topological polar surface area (TPSA) is 89.1 Å². The number of rotatable bonds is 6. The maximum atomic E-state index is 12.4. The lowest BCUT2D eigenvalue weighted by molar-refractivity contribution is -0.139. The van der Waals surface area contributed by atoms with Crippen LogP contribution in [0.4, 0.5) is 0 Å². The van der Waals surface area contributed by atoms with Crippen LogP contribution in [-0.2, 0) is 16.0 Å². The minimum atomic E-state index is -0.479. The first-order valence-corrected chi connectivity index (χ1v) is 8.21. The van der Waals surface area contributed by atoms with Crippen molar-refractivity contribution < 1.29 is 14.3 Å². The normalized spacial score (nSPS) is 11.8. The number of carbonyl (C=O) groups is 2. The van der Waals surface area contributed by atoms with Gasteiger partial charge in [-0.1, -0.05) is 41.6 Å². The van der Waals surface area contributed by atoms with E-state index in [1.54, 1.807) is 19.1 Å². The van der Waals surface area contributed by atoms with Gasteiger partial charge < -0.3 is 9.72 Å². The second-order valence-corrected chi connectivity index (χ2v) is 6.61. The van der Waals surface area contributed by atoms with Crippen LogP contribution in [0.5, 0.6) is 0 Å². The first kappa shape index (κ1) is 17.9. The molecular formula is C17H18N2O4S. The molecule has 0 radical (unpaired) electrons. The molecule has 0 saturated carbocycles. The summed E-state index contributed by atoms with van der Waals surface area (Å²) in [5.41, 5.74) is 1.62. The van der Waals surface area contributed by atoms with E-state index in [2.05, 4.69) is 14.7 Å². The highest BCUT2D eigenvalue weighted by atomic mass is 32.2. The summed E-state index contributed by atoms with van der Waals surface area (Å²) in [5.74, 6) is -0.533. The number of thioether (sulfide) groups is 1. The summed E-state index contributed by atoms with van der Waals surface area (Å²) in [7, 11) is 1.27. The summed E-state index contributed by atoms with van der Waals surface area (Å²) in [6, 6.07) is 8.55. The Morgan fingerprint density at radius 3 is 2.58 bits per heavy atom. The minimum absolute atomic E-state index is 0.0546. The van der Waals surface area contributed by atoms with Crippen molar-refractivity contribution in [2.24, 2.45) is 0 Å². The molecule has 0 aliphatic rings. The Hall–Kier alpha value is -2.41. The van der Waals surface area contributed by atoms with Crippen LogP contribution >= 0.6 is 11.8 Å². The fourth-order valence-corrected chi connectivity index (χ4v) is 2.93. The lowest BCUT2D eigenvalue weighted by Gasteiger charge is -2.10. The van der Waals surface area contributed by atoms with E-state index in [0.717, 1.165) is 17.3 Å². The summed E-state index contributed by atoms with van der Waals surface area (Å²) in [6.45, 7) is 3.70. The summed E-state index contributed by atoms with van der Waals surface area (Å²) in [5, 5.41) is -0.126. The molecule has 24 heavy (non-hydrogen) atoms. The van der Waals surface area contributed by atoms with Crippen LogP contribution in [0.1, 0.15) is 28.5 Å². The number of hydrogen-bond acceptors (Lipinski definition) is 6. The van der Waals surface area contributed by atoms with Crippen molar-refractivity contribution in [3.63, 3.8) is 0 Å². The zero-order valence-electron chi connectivity index (χ0n) is 13.7. The van der Waals surface area contributed by atoms with E-state index < -0.39 is 11.2 Å². The molecule has 0 aliphatic heterocycles. The van der Waals surface area contributed by atoms with Gasteiger partial charge in [0.1, 0.15) is 0 Å². The van der Waals surface area contributed by atoms with Gasteiger partial charge in [-0.25, -0.2) is 4.98 Å². The Morgan fingerprint density at radius 2 is 1.96 bits per heavy atom. The average molecular weight is 346 g/mol. The molecule has 1 aromatic carbocycles. The number of aromatic amines is 1. The zero-order valence-corrected chi connectivity index (χ0v) is 14.5. The monoisotopic (exact) mass is 346 g/mol. The molecule has 0 unspecified atom stereocenters. The Morgan fingerprint density at radius 1 is 1.29 bits per heavy atom. The molecule has 126 valence electrons. The van der Waals surface area contributed by atoms with E-state index in [9.17, 15) is 14.4 Å². The van der Waals surface area contributed by atoms with Gasteiger partial charge in [-0.15, -0.1) is 0 Å². The largest absolute Gasteiger partial charge is 0.469 e. The molecule has 0 fully saturated rings. The summed E-state index contributed by atoms with van der Waals surface area (Å²) < 4.78 is 4.57. The Bertz CT molecular complexity index is 799. The molecule has 2 aromatic rings. The Labute approximate surface area is 143 Å². The molecular weight excluding hydrogens is 328 g/mol. The van der Waals surface area contributed by atoms with E-state index in [1.807, 2.05) is 19.1 Å². The van der Waals surface area contributed by atoms with Crippen molar-refractivity contribution in [1.82, 2.24) is 9.97 Å². The first-order chi connectivity index (χ1) is 11.4. The third-order valence-electron chi connectivity index (χ3n) is 3.32. The number of esters is 1. The number of ketones is 1. The SMILES string of the molecule is COC(=O)Cc1cc(=O)[nH]c(S[C@@H](C)C(=O)c2ccc(C)cc2)n1. The maximum absolute atomic E-state index is 12.4. The summed E-state index contributed by atoms with van der Waals surface area (Å²) >= 11 is 1.15. The fourth-order valence-electron chi connectivity index (χ4n) is 2.02.